The van der Waals surface area contributed by atoms with Gasteiger partial charge in [-0.15, -0.1) is 5.10 Å². The number of ketones is 1. The van der Waals surface area contributed by atoms with Gasteiger partial charge in [0.25, 0.3) is 0 Å². The molecule has 138 valence electrons. The minimum Gasteiger partial charge on any atom is -0.486 e. The van der Waals surface area contributed by atoms with Crippen LogP contribution in [0.5, 0.6) is 11.5 Å². The SMILES string of the molecule is Cc1ccc(C)c(C(=O)CSc2nnnn2-c2ccc3c(c2)OCCO3)c1. The molecule has 0 N–H and O–H groups in total. The van der Waals surface area contributed by atoms with Gasteiger partial charge in [-0.1, -0.05) is 29.5 Å². The van der Waals surface area contributed by atoms with Gasteiger partial charge in [-0.25, -0.2) is 0 Å². The number of carbonyl (C=O) groups excluding carboxylic acids is 1. The zero-order valence-electron chi connectivity index (χ0n) is 15.0. The van der Waals surface area contributed by atoms with Crippen molar-refractivity contribution < 1.29 is 14.3 Å². The minimum absolute atomic E-state index is 0.0536. The molecular formula is C19H18N4O3S. The zero-order valence-corrected chi connectivity index (χ0v) is 15.8. The van der Waals surface area contributed by atoms with Crippen LogP contribution in [0.2, 0.25) is 0 Å². The molecule has 4 rings (SSSR count). The summed E-state index contributed by atoms with van der Waals surface area (Å²) < 4.78 is 12.8. The van der Waals surface area contributed by atoms with E-state index in [0.717, 1.165) is 22.4 Å². The molecule has 0 aliphatic carbocycles. The number of hydrogen-bond acceptors (Lipinski definition) is 7. The van der Waals surface area contributed by atoms with Gasteiger partial charge in [-0.05, 0) is 48.0 Å². The van der Waals surface area contributed by atoms with Crippen molar-refractivity contribution >= 4 is 17.5 Å². The third kappa shape index (κ3) is 3.66. The summed E-state index contributed by atoms with van der Waals surface area (Å²) in [6, 6.07) is 11.4. The molecule has 0 radical (unpaired) electrons. The number of nitrogens with zero attached hydrogens (tertiary/aromatic N) is 4. The van der Waals surface area contributed by atoms with E-state index >= 15 is 0 Å². The molecular weight excluding hydrogens is 364 g/mol. The number of tetrazole rings is 1. The molecule has 1 aliphatic heterocycles. The Morgan fingerprint density at radius 2 is 1.93 bits per heavy atom. The monoisotopic (exact) mass is 382 g/mol. The van der Waals surface area contributed by atoms with E-state index in [2.05, 4.69) is 15.5 Å². The molecule has 0 saturated heterocycles. The second-order valence-corrected chi connectivity index (χ2v) is 7.17. The molecule has 0 amide bonds. The van der Waals surface area contributed by atoms with E-state index in [9.17, 15) is 4.79 Å². The fourth-order valence-electron chi connectivity index (χ4n) is 2.84. The lowest BCUT2D eigenvalue weighted by molar-refractivity contribution is 0.102. The first-order valence-corrected chi connectivity index (χ1v) is 9.52. The zero-order chi connectivity index (χ0) is 18.8. The largest absolute Gasteiger partial charge is 0.486 e. The maximum atomic E-state index is 12.6. The lowest BCUT2D eigenvalue weighted by Crippen LogP contribution is -2.15. The first-order valence-electron chi connectivity index (χ1n) is 8.53. The van der Waals surface area contributed by atoms with Gasteiger partial charge in [0.15, 0.2) is 17.3 Å². The second-order valence-electron chi connectivity index (χ2n) is 6.23. The first-order chi connectivity index (χ1) is 13.1. The van der Waals surface area contributed by atoms with Gasteiger partial charge in [0.1, 0.15) is 13.2 Å². The molecule has 8 heteroatoms. The number of benzene rings is 2. The predicted molar refractivity (Wildman–Crippen MR) is 101 cm³/mol. The van der Waals surface area contributed by atoms with Crippen LogP contribution in [-0.2, 0) is 0 Å². The van der Waals surface area contributed by atoms with Gasteiger partial charge in [0.2, 0.25) is 5.16 Å². The maximum absolute atomic E-state index is 12.6. The van der Waals surface area contributed by atoms with Crippen molar-refractivity contribution in [2.24, 2.45) is 0 Å². The molecule has 27 heavy (non-hydrogen) atoms. The topological polar surface area (TPSA) is 79.1 Å². The molecule has 0 unspecified atom stereocenters. The van der Waals surface area contributed by atoms with E-state index in [1.165, 1.54) is 11.8 Å². The summed E-state index contributed by atoms with van der Waals surface area (Å²) in [7, 11) is 0. The fourth-order valence-corrected chi connectivity index (χ4v) is 3.61. The van der Waals surface area contributed by atoms with Crippen LogP contribution in [0.1, 0.15) is 21.5 Å². The second kappa shape index (κ2) is 7.40. The summed E-state index contributed by atoms with van der Waals surface area (Å²) in [5.74, 6) is 1.68. The molecule has 1 aromatic heterocycles. The highest BCUT2D eigenvalue weighted by Gasteiger charge is 2.17. The molecule has 2 aromatic carbocycles. The fraction of sp³-hybridized carbons (Fsp3) is 0.263. The Hall–Kier alpha value is -2.87. The third-order valence-corrected chi connectivity index (χ3v) is 5.16. The van der Waals surface area contributed by atoms with Crippen molar-refractivity contribution in [3.05, 3.63) is 53.1 Å². The lowest BCUT2D eigenvalue weighted by Gasteiger charge is -2.18. The Kier molecular flexibility index (Phi) is 4.81. The van der Waals surface area contributed by atoms with Crippen molar-refractivity contribution in [2.75, 3.05) is 19.0 Å². The van der Waals surface area contributed by atoms with Crippen LogP contribution >= 0.6 is 11.8 Å². The number of thioether (sulfide) groups is 1. The van der Waals surface area contributed by atoms with Crippen LogP contribution in [0.3, 0.4) is 0 Å². The summed E-state index contributed by atoms with van der Waals surface area (Å²) in [5, 5.41) is 12.4. The normalized spacial score (nSPS) is 12.8. The Labute approximate surface area is 160 Å². The summed E-state index contributed by atoms with van der Waals surface area (Å²) >= 11 is 1.31. The number of aryl methyl sites for hydroxylation is 2. The summed E-state index contributed by atoms with van der Waals surface area (Å²) in [4.78, 5) is 12.6. The number of hydrogen-bond donors (Lipinski definition) is 0. The quantitative estimate of drug-likeness (QED) is 0.496. The van der Waals surface area contributed by atoms with Crippen LogP contribution in [0.4, 0.5) is 0 Å². The van der Waals surface area contributed by atoms with E-state index in [0.29, 0.717) is 29.9 Å². The number of carbonyl (C=O) groups is 1. The standard InChI is InChI=1S/C19H18N4O3S/c1-12-3-4-13(2)15(9-12)16(24)11-27-19-20-21-22-23(19)14-5-6-17-18(10-14)26-8-7-25-17/h3-6,9-10H,7-8,11H2,1-2H3. The number of aromatic nitrogens is 4. The molecule has 0 saturated carbocycles. The average Bonchev–Trinajstić information content (AvgIpc) is 3.16. The van der Waals surface area contributed by atoms with Crippen LogP contribution in [-0.4, -0.2) is 45.0 Å². The van der Waals surface area contributed by atoms with Gasteiger partial charge in [0, 0.05) is 11.6 Å². The Morgan fingerprint density at radius 3 is 2.78 bits per heavy atom. The van der Waals surface area contributed by atoms with Crippen molar-refractivity contribution in [2.45, 2.75) is 19.0 Å². The molecule has 1 aliphatic rings. The lowest BCUT2D eigenvalue weighted by atomic mass is 10.0. The smallest absolute Gasteiger partial charge is 0.214 e. The molecule has 0 spiro atoms. The summed E-state index contributed by atoms with van der Waals surface area (Å²) in [5.41, 5.74) is 3.53. The Bertz CT molecular complexity index is 1000. The van der Waals surface area contributed by atoms with Gasteiger partial charge >= 0.3 is 0 Å². The highest BCUT2D eigenvalue weighted by molar-refractivity contribution is 7.99. The molecule has 0 atom stereocenters. The summed E-state index contributed by atoms with van der Waals surface area (Å²) in [6.45, 7) is 4.97. The highest BCUT2D eigenvalue weighted by atomic mass is 32.2. The van der Waals surface area contributed by atoms with Crippen LogP contribution in [0.15, 0.2) is 41.6 Å². The predicted octanol–water partition coefficient (Wildman–Crippen LogP) is 3.03. The summed E-state index contributed by atoms with van der Waals surface area (Å²) in [6.07, 6.45) is 0. The molecule has 0 fully saturated rings. The van der Waals surface area contributed by atoms with E-state index in [-0.39, 0.29) is 11.5 Å². The molecule has 0 bridgehead atoms. The van der Waals surface area contributed by atoms with Gasteiger partial charge in [0.05, 0.1) is 11.4 Å². The van der Waals surface area contributed by atoms with Gasteiger partial charge in [-0.3, -0.25) is 4.79 Å². The first kappa shape index (κ1) is 17.5. The van der Waals surface area contributed by atoms with Crippen molar-refractivity contribution in [3.63, 3.8) is 0 Å². The Balaban J connectivity index is 1.53. The third-order valence-electron chi connectivity index (χ3n) is 4.24. The number of fused-ring (bicyclic) bond motifs is 1. The highest BCUT2D eigenvalue weighted by Crippen LogP contribution is 2.32. The van der Waals surface area contributed by atoms with Crippen molar-refractivity contribution in [1.29, 1.82) is 0 Å². The van der Waals surface area contributed by atoms with Crippen molar-refractivity contribution in [3.8, 4) is 17.2 Å². The molecule has 2 heterocycles. The molecule has 7 nitrogen and oxygen atoms in total. The van der Waals surface area contributed by atoms with Crippen molar-refractivity contribution in [1.82, 2.24) is 20.2 Å². The van der Waals surface area contributed by atoms with E-state index in [4.69, 9.17) is 9.47 Å². The maximum Gasteiger partial charge on any atom is 0.214 e. The van der Waals surface area contributed by atoms with E-state index < -0.39 is 0 Å². The number of rotatable bonds is 5. The van der Waals surface area contributed by atoms with Crippen LogP contribution < -0.4 is 9.47 Å². The molecule has 3 aromatic rings. The Morgan fingerprint density at radius 1 is 1.11 bits per heavy atom. The minimum atomic E-state index is 0.0536. The van der Waals surface area contributed by atoms with Gasteiger partial charge in [-0.2, -0.15) is 4.68 Å². The van der Waals surface area contributed by atoms with Crippen LogP contribution in [0.25, 0.3) is 5.69 Å². The van der Waals surface area contributed by atoms with E-state index in [1.807, 2.05) is 50.2 Å². The van der Waals surface area contributed by atoms with E-state index in [1.54, 1.807) is 4.68 Å². The van der Waals surface area contributed by atoms with Gasteiger partial charge < -0.3 is 9.47 Å². The average molecular weight is 382 g/mol. The van der Waals surface area contributed by atoms with Crippen LogP contribution in [0, 0.1) is 13.8 Å². The number of ether oxygens (including phenoxy) is 2. The number of Topliss-reactive ketones (excluding diaryl/α,β-unsaturated/α-hetero) is 1.